The maximum Gasteiger partial charge on any atom is 0.262 e. The van der Waals surface area contributed by atoms with E-state index in [1.54, 1.807) is 12.1 Å². The Balaban J connectivity index is 1.33. The average Bonchev–Trinajstić information content (AvgIpc) is 3.31. The molecule has 0 spiro atoms. The van der Waals surface area contributed by atoms with Crippen LogP contribution in [0, 0.1) is 19.7 Å². The van der Waals surface area contributed by atoms with E-state index in [-0.39, 0.29) is 30.2 Å². The highest BCUT2D eigenvalue weighted by molar-refractivity contribution is 8.00. The normalized spacial score (nSPS) is 11.2. The van der Waals surface area contributed by atoms with E-state index in [0.717, 1.165) is 20.8 Å². The topological polar surface area (TPSA) is 89.8 Å². The smallest absolute Gasteiger partial charge is 0.262 e. The lowest BCUT2D eigenvalue weighted by atomic mass is 10.2. The van der Waals surface area contributed by atoms with Gasteiger partial charge in [0.15, 0.2) is 4.34 Å². The van der Waals surface area contributed by atoms with Crippen molar-refractivity contribution >= 4 is 55.7 Å². The Labute approximate surface area is 189 Å². The number of aryl methyl sites for hydroxylation is 3. The van der Waals surface area contributed by atoms with Gasteiger partial charge in [0.05, 0.1) is 11.7 Å². The highest BCUT2D eigenvalue weighted by atomic mass is 32.2. The van der Waals surface area contributed by atoms with Gasteiger partial charge < -0.3 is 5.32 Å². The molecule has 3 aromatic heterocycles. The van der Waals surface area contributed by atoms with Crippen molar-refractivity contribution in [3.8, 4) is 0 Å². The van der Waals surface area contributed by atoms with Crippen molar-refractivity contribution in [2.45, 2.75) is 36.9 Å². The fourth-order valence-corrected chi connectivity index (χ4v) is 5.59. The fourth-order valence-electron chi connectivity index (χ4n) is 2.88. The number of nitrogens with zero attached hydrogens (tertiary/aromatic N) is 4. The molecule has 0 unspecified atom stereocenters. The number of hydrogen-bond donors (Lipinski definition) is 1. The Morgan fingerprint density at radius 1 is 1.19 bits per heavy atom. The third-order valence-corrected chi connectivity index (χ3v) is 7.82. The summed E-state index contributed by atoms with van der Waals surface area (Å²) in [7, 11) is 0. The number of thiophene rings is 1. The first-order chi connectivity index (χ1) is 14.9. The summed E-state index contributed by atoms with van der Waals surface area (Å²) in [6, 6.07) is 6.28. The molecule has 1 N–H and O–H groups in total. The summed E-state index contributed by atoms with van der Waals surface area (Å²) < 4.78 is 15.1. The van der Waals surface area contributed by atoms with E-state index in [1.807, 2.05) is 13.8 Å². The van der Waals surface area contributed by atoms with E-state index in [0.29, 0.717) is 20.6 Å². The maximum atomic E-state index is 13.0. The molecule has 0 radical (unpaired) electrons. The van der Waals surface area contributed by atoms with E-state index < -0.39 is 0 Å². The van der Waals surface area contributed by atoms with Gasteiger partial charge in [-0.05, 0) is 37.1 Å². The molecule has 0 aliphatic rings. The van der Waals surface area contributed by atoms with Crippen molar-refractivity contribution in [2.24, 2.45) is 0 Å². The number of nitrogens with one attached hydrogen (secondary N) is 1. The number of carbonyl (C=O) groups excluding carboxylic acids is 1. The molecule has 4 rings (SSSR count). The van der Waals surface area contributed by atoms with Crippen LogP contribution in [0.3, 0.4) is 0 Å². The number of rotatable bonds is 7. The molecular formula is C20H18FN5O2S3. The van der Waals surface area contributed by atoms with Gasteiger partial charge >= 0.3 is 0 Å². The minimum Gasteiger partial charge on any atom is -0.300 e. The van der Waals surface area contributed by atoms with Gasteiger partial charge in [-0.2, -0.15) is 0 Å². The molecule has 0 aliphatic carbocycles. The van der Waals surface area contributed by atoms with Crippen LogP contribution in [-0.2, 0) is 17.1 Å². The predicted octanol–water partition coefficient (Wildman–Crippen LogP) is 4.39. The minimum atomic E-state index is -0.270. The number of fused-ring (bicyclic) bond motifs is 1. The van der Waals surface area contributed by atoms with Gasteiger partial charge in [0.25, 0.3) is 5.56 Å². The van der Waals surface area contributed by atoms with Crippen molar-refractivity contribution in [3.63, 3.8) is 0 Å². The number of hydrogen-bond acceptors (Lipinski definition) is 8. The number of aromatic nitrogens is 4. The second-order valence-electron chi connectivity index (χ2n) is 6.79. The summed E-state index contributed by atoms with van der Waals surface area (Å²) >= 11 is 4.23. The zero-order valence-electron chi connectivity index (χ0n) is 16.7. The van der Waals surface area contributed by atoms with Gasteiger partial charge in [-0.15, -0.1) is 21.5 Å². The third kappa shape index (κ3) is 5.00. The summed E-state index contributed by atoms with van der Waals surface area (Å²) in [5.74, 6) is 0.104. The Bertz CT molecular complexity index is 1300. The van der Waals surface area contributed by atoms with E-state index in [2.05, 4.69) is 20.5 Å². The Kier molecular flexibility index (Phi) is 6.44. The molecule has 0 aliphatic heterocycles. The van der Waals surface area contributed by atoms with Crippen molar-refractivity contribution in [2.75, 3.05) is 5.32 Å². The zero-order valence-corrected chi connectivity index (χ0v) is 19.2. The number of thioether (sulfide) groups is 1. The number of halogens is 1. The molecule has 160 valence electrons. The first-order valence-corrected chi connectivity index (χ1v) is 12.0. The molecule has 7 nitrogen and oxygen atoms in total. The predicted molar refractivity (Wildman–Crippen MR) is 122 cm³/mol. The van der Waals surface area contributed by atoms with Crippen LogP contribution < -0.4 is 10.9 Å². The molecule has 1 aromatic carbocycles. The van der Waals surface area contributed by atoms with Gasteiger partial charge in [-0.3, -0.25) is 14.2 Å². The van der Waals surface area contributed by atoms with Crippen LogP contribution in [0.25, 0.3) is 10.2 Å². The van der Waals surface area contributed by atoms with Crippen molar-refractivity contribution < 1.29 is 9.18 Å². The van der Waals surface area contributed by atoms with Gasteiger partial charge in [0.1, 0.15) is 10.6 Å². The summed E-state index contributed by atoms with van der Waals surface area (Å²) in [4.78, 5) is 31.1. The molecule has 0 saturated heterocycles. The fraction of sp³-hybridized carbons (Fsp3) is 0.250. The van der Waals surface area contributed by atoms with Crippen molar-refractivity contribution in [1.82, 2.24) is 19.7 Å². The number of benzene rings is 1. The molecule has 0 fully saturated rings. The van der Waals surface area contributed by atoms with Gasteiger partial charge in [0.2, 0.25) is 11.0 Å². The molecule has 1 amide bonds. The van der Waals surface area contributed by atoms with Crippen LogP contribution in [-0.4, -0.2) is 25.7 Å². The van der Waals surface area contributed by atoms with Crippen LogP contribution in [0.5, 0.6) is 0 Å². The van der Waals surface area contributed by atoms with E-state index in [4.69, 9.17) is 0 Å². The lowest BCUT2D eigenvalue weighted by Gasteiger charge is -2.05. The molecule has 31 heavy (non-hydrogen) atoms. The first kappa shape index (κ1) is 21.6. The molecular weight excluding hydrogens is 457 g/mol. The van der Waals surface area contributed by atoms with Crippen molar-refractivity contribution in [3.05, 3.63) is 62.8 Å². The standard InChI is InChI=1S/C20H18FN5O2S3/c1-11-12(2)30-17-16(11)18(28)26(10-22-17)8-7-15(27)23-19-24-25-20(31-19)29-9-13-3-5-14(21)6-4-13/h3-6,10H,7-9H2,1-2H3,(H,23,24,27). The maximum absolute atomic E-state index is 13.0. The number of amides is 1. The van der Waals surface area contributed by atoms with Crippen molar-refractivity contribution in [1.29, 1.82) is 0 Å². The van der Waals surface area contributed by atoms with E-state index in [1.165, 1.54) is 57.5 Å². The van der Waals surface area contributed by atoms with Crippen LogP contribution in [0.1, 0.15) is 22.4 Å². The molecule has 0 bridgehead atoms. The average molecular weight is 476 g/mol. The number of anilines is 1. The molecule has 0 saturated carbocycles. The number of carbonyl (C=O) groups is 1. The monoisotopic (exact) mass is 475 g/mol. The summed E-state index contributed by atoms with van der Waals surface area (Å²) in [6.45, 7) is 4.11. The highest BCUT2D eigenvalue weighted by Crippen LogP contribution is 2.28. The van der Waals surface area contributed by atoms with Crippen LogP contribution in [0.2, 0.25) is 0 Å². The molecule has 3 heterocycles. The highest BCUT2D eigenvalue weighted by Gasteiger charge is 2.14. The van der Waals surface area contributed by atoms with Crippen LogP contribution in [0.4, 0.5) is 9.52 Å². The summed E-state index contributed by atoms with van der Waals surface area (Å²) in [5, 5.41) is 11.8. The van der Waals surface area contributed by atoms with Gasteiger partial charge in [0, 0.05) is 23.6 Å². The van der Waals surface area contributed by atoms with E-state index in [9.17, 15) is 14.0 Å². The van der Waals surface area contributed by atoms with Crippen LogP contribution in [0.15, 0.2) is 39.7 Å². The second kappa shape index (κ2) is 9.25. The Hall–Kier alpha value is -2.63. The second-order valence-corrected chi connectivity index (χ2v) is 10.2. The molecule has 11 heteroatoms. The Morgan fingerprint density at radius 3 is 2.74 bits per heavy atom. The summed E-state index contributed by atoms with van der Waals surface area (Å²) in [6.07, 6.45) is 1.61. The van der Waals surface area contributed by atoms with E-state index >= 15 is 0 Å². The lowest BCUT2D eigenvalue weighted by Crippen LogP contribution is -2.23. The van der Waals surface area contributed by atoms with Gasteiger partial charge in [-0.25, -0.2) is 9.37 Å². The molecule has 4 aromatic rings. The van der Waals surface area contributed by atoms with Gasteiger partial charge in [-0.1, -0.05) is 35.2 Å². The minimum absolute atomic E-state index is 0.118. The van der Waals surface area contributed by atoms with Crippen LogP contribution >= 0.6 is 34.4 Å². The Morgan fingerprint density at radius 2 is 1.97 bits per heavy atom. The lowest BCUT2D eigenvalue weighted by molar-refractivity contribution is -0.116. The summed E-state index contributed by atoms with van der Waals surface area (Å²) in [5.41, 5.74) is 1.78. The largest absolute Gasteiger partial charge is 0.300 e. The third-order valence-electron chi connectivity index (χ3n) is 4.66. The first-order valence-electron chi connectivity index (χ1n) is 9.36. The quantitative estimate of drug-likeness (QED) is 0.315. The molecule has 0 atom stereocenters. The zero-order chi connectivity index (χ0) is 22.0. The SMILES string of the molecule is Cc1sc2ncn(CCC(=O)Nc3nnc(SCc4ccc(F)cc4)s3)c(=O)c2c1C.